The average Bonchev–Trinajstić information content (AvgIpc) is 2.53. The first kappa shape index (κ1) is 18.3. The summed E-state index contributed by atoms with van der Waals surface area (Å²) in [6.07, 6.45) is -5.42. The van der Waals surface area contributed by atoms with E-state index >= 15 is 0 Å². The highest BCUT2D eigenvalue weighted by molar-refractivity contribution is 5.87. The van der Waals surface area contributed by atoms with Gasteiger partial charge in [0.2, 0.25) is 5.91 Å². The van der Waals surface area contributed by atoms with Crippen molar-refractivity contribution in [1.82, 2.24) is 5.32 Å². The molecule has 1 fully saturated rings. The Morgan fingerprint density at radius 1 is 1.21 bits per heavy atom. The van der Waals surface area contributed by atoms with E-state index in [1.807, 2.05) is 0 Å². The van der Waals surface area contributed by atoms with Crippen molar-refractivity contribution in [3.8, 4) is 0 Å². The second kappa shape index (κ2) is 7.21. The molecule has 1 aromatic carbocycles. The molecule has 1 amide bonds. The van der Waals surface area contributed by atoms with Gasteiger partial charge in [-0.15, -0.1) is 0 Å². The van der Waals surface area contributed by atoms with Crippen LogP contribution in [0.25, 0.3) is 0 Å². The van der Waals surface area contributed by atoms with Crippen LogP contribution in [0.1, 0.15) is 30.7 Å². The van der Waals surface area contributed by atoms with Crippen LogP contribution in [0.3, 0.4) is 0 Å². The van der Waals surface area contributed by atoms with Crippen LogP contribution in [-0.2, 0) is 14.3 Å². The van der Waals surface area contributed by atoms with E-state index < -0.39 is 35.9 Å². The lowest BCUT2D eigenvalue weighted by Gasteiger charge is -2.34. The van der Waals surface area contributed by atoms with Gasteiger partial charge in [0.25, 0.3) is 0 Å². The number of carboxylic acid groups (broad SMARTS) is 1. The summed E-state index contributed by atoms with van der Waals surface area (Å²) in [5.74, 6) is -4.18. The Labute approximate surface area is 136 Å². The highest BCUT2D eigenvalue weighted by atomic mass is 19.4. The lowest BCUT2D eigenvalue weighted by Crippen LogP contribution is -2.57. The van der Waals surface area contributed by atoms with Gasteiger partial charge in [0.15, 0.2) is 0 Å². The van der Waals surface area contributed by atoms with Crippen LogP contribution in [0, 0.1) is 0 Å². The molecular weight excluding hydrogens is 327 g/mol. The molecule has 1 saturated heterocycles. The van der Waals surface area contributed by atoms with E-state index in [0.717, 1.165) is 0 Å². The van der Waals surface area contributed by atoms with E-state index in [1.165, 1.54) is 24.3 Å². The number of amides is 1. The van der Waals surface area contributed by atoms with Gasteiger partial charge in [-0.05, 0) is 5.56 Å². The van der Waals surface area contributed by atoms with E-state index in [4.69, 9.17) is 4.74 Å². The number of nitrogens with one attached hydrogen (secondary N) is 1. The van der Waals surface area contributed by atoms with E-state index in [1.54, 1.807) is 6.07 Å². The molecule has 8 heteroatoms. The molecule has 0 aliphatic carbocycles. The van der Waals surface area contributed by atoms with Crippen molar-refractivity contribution in [3.05, 3.63) is 35.9 Å². The maximum Gasteiger partial charge on any atom is 0.396 e. The van der Waals surface area contributed by atoms with Crippen LogP contribution in [-0.4, -0.2) is 41.9 Å². The minimum absolute atomic E-state index is 0.0239. The first-order valence-corrected chi connectivity index (χ1v) is 7.48. The fourth-order valence-corrected chi connectivity index (χ4v) is 2.72. The molecule has 2 rings (SSSR count). The third kappa shape index (κ3) is 4.25. The number of hydrogen-bond donors (Lipinski definition) is 2. The maximum absolute atomic E-state index is 13.3. The van der Waals surface area contributed by atoms with Gasteiger partial charge in [-0.2, -0.15) is 13.2 Å². The zero-order valence-electron chi connectivity index (χ0n) is 12.8. The maximum atomic E-state index is 13.3. The third-order valence-electron chi connectivity index (χ3n) is 4.12. The standard InChI is InChI=1S/C16H18F3NO4/c17-16(18,19)12(11-4-2-1-3-5-11)10-13(21)20-15(14(22)23)6-8-24-9-7-15/h1-5,12H,6-10H2,(H,20,21)(H,22,23). The number of halogens is 3. The zero-order valence-corrected chi connectivity index (χ0v) is 12.8. The van der Waals surface area contributed by atoms with Crippen molar-refractivity contribution >= 4 is 11.9 Å². The van der Waals surface area contributed by atoms with Crippen LogP contribution >= 0.6 is 0 Å². The van der Waals surface area contributed by atoms with E-state index in [-0.39, 0.29) is 31.6 Å². The second-order valence-electron chi connectivity index (χ2n) is 5.76. The molecule has 24 heavy (non-hydrogen) atoms. The molecule has 0 spiro atoms. The van der Waals surface area contributed by atoms with Gasteiger partial charge in [-0.3, -0.25) is 4.79 Å². The summed E-state index contributed by atoms with van der Waals surface area (Å²) in [4.78, 5) is 23.6. The van der Waals surface area contributed by atoms with Gasteiger partial charge in [-0.1, -0.05) is 30.3 Å². The summed E-state index contributed by atoms with van der Waals surface area (Å²) >= 11 is 0. The number of carboxylic acids is 1. The molecule has 5 nitrogen and oxygen atoms in total. The summed E-state index contributed by atoms with van der Waals surface area (Å²) in [7, 11) is 0. The number of alkyl halides is 3. The number of carbonyl (C=O) groups is 2. The van der Waals surface area contributed by atoms with Crippen molar-refractivity contribution in [2.45, 2.75) is 36.9 Å². The Hall–Kier alpha value is -2.09. The summed E-state index contributed by atoms with van der Waals surface area (Å²) in [5.41, 5.74) is -1.60. The molecule has 1 aliphatic heterocycles. The summed E-state index contributed by atoms with van der Waals surface area (Å²) < 4.78 is 44.9. The Balaban J connectivity index is 2.14. The normalized spacial score (nSPS) is 18.6. The SMILES string of the molecule is O=C(CC(c1ccccc1)C(F)(F)F)NC1(C(=O)O)CCOCC1. The zero-order chi connectivity index (χ0) is 17.8. The Morgan fingerprint density at radius 2 is 1.79 bits per heavy atom. The highest BCUT2D eigenvalue weighted by Gasteiger charge is 2.45. The van der Waals surface area contributed by atoms with Crippen LogP contribution in [0.15, 0.2) is 30.3 Å². The lowest BCUT2D eigenvalue weighted by atomic mass is 9.88. The number of carbonyl (C=O) groups excluding carboxylic acids is 1. The molecule has 1 atom stereocenters. The van der Waals surface area contributed by atoms with Crippen LogP contribution in [0.5, 0.6) is 0 Å². The van der Waals surface area contributed by atoms with Crippen LogP contribution < -0.4 is 5.32 Å². The molecule has 2 N–H and O–H groups in total. The van der Waals surface area contributed by atoms with E-state index in [9.17, 15) is 27.9 Å². The summed E-state index contributed by atoms with van der Waals surface area (Å²) in [6, 6.07) is 7.10. The largest absolute Gasteiger partial charge is 0.480 e. The van der Waals surface area contributed by atoms with Gasteiger partial charge in [-0.25, -0.2) is 4.79 Å². The fraction of sp³-hybridized carbons (Fsp3) is 0.500. The molecule has 0 bridgehead atoms. The first-order valence-electron chi connectivity index (χ1n) is 7.48. The van der Waals surface area contributed by atoms with Gasteiger partial charge in [0.05, 0.1) is 5.92 Å². The second-order valence-corrected chi connectivity index (χ2v) is 5.76. The Morgan fingerprint density at radius 3 is 2.29 bits per heavy atom. The monoisotopic (exact) mass is 345 g/mol. The van der Waals surface area contributed by atoms with E-state index in [2.05, 4.69) is 5.32 Å². The predicted octanol–water partition coefficient (Wildman–Crippen LogP) is 2.47. The van der Waals surface area contributed by atoms with E-state index in [0.29, 0.717) is 0 Å². The fourth-order valence-electron chi connectivity index (χ4n) is 2.72. The van der Waals surface area contributed by atoms with Crippen LogP contribution in [0.4, 0.5) is 13.2 Å². The number of rotatable bonds is 5. The van der Waals surface area contributed by atoms with Gasteiger partial charge >= 0.3 is 12.1 Å². The predicted molar refractivity (Wildman–Crippen MR) is 78.4 cm³/mol. The topological polar surface area (TPSA) is 75.6 Å². The third-order valence-corrected chi connectivity index (χ3v) is 4.12. The van der Waals surface area contributed by atoms with Gasteiger partial charge in [0.1, 0.15) is 5.54 Å². The quantitative estimate of drug-likeness (QED) is 0.860. The summed E-state index contributed by atoms with van der Waals surface area (Å²) in [5, 5.41) is 11.6. The number of aliphatic carboxylic acids is 1. The first-order chi connectivity index (χ1) is 11.2. The molecule has 1 aromatic rings. The number of hydrogen-bond acceptors (Lipinski definition) is 3. The van der Waals surface area contributed by atoms with Crippen molar-refractivity contribution in [2.24, 2.45) is 0 Å². The number of ether oxygens (including phenoxy) is 1. The molecular formula is C16H18F3NO4. The van der Waals surface area contributed by atoms with Crippen LogP contribution in [0.2, 0.25) is 0 Å². The van der Waals surface area contributed by atoms with Crippen molar-refractivity contribution < 1.29 is 32.6 Å². The smallest absolute Gasteiger partial charge is 0.396 e. The highest BCUT2D eigenvalue weighted by Crippen LogP contribution is 2.37. The molecule has 132 valence electrons. The van der Waals surface area contributed by atoms with Crippen molar-refractivity contribution in [3.63, 3.8) is 0 Å². The van der Waals surface area contributed by atoms with Gasteiger partial charge < -0.3 is 15.2 Å². The Kier molecular flexibility index (Phi) is 5.48. The molecule has 0 saturated carbocycles. The lowest BCUT2D eigenvalue weighted by molar-refractivity contribution is -0.160. The molecule has 0 aromatic heterocycles. The van der Waals surface area contributed by atoms with Gasteiger partial charge in [0, 0.05) is 32.5 Å². The average molecular weight is 345 g/mol. The minimum atomic E-state index is -4.61. The van der Waals surface area contributed by atoms with Crippen molar-refractivity contribution in [1.29, 1.82) is 0 Å². The molecule has 1 aliphatic rings. The minimum Gasteiger partial charge on any atom is -0.480 e. The Bertz CT molecular complexity index is 583. The molecule has 0 radical (unpaired) electrons. The number of benzene rings is 1. The van der Waals surface area contributed by atoms with Crippen molar-refractivity contribution in [2.75, 3.05) is 13.2 Å². The molecule has 1 heterocycles. The molecule has 1 unspecified atom stereocenters. The summed E-state index contributed by atoms with van der Waals surface area (Å²) in [6.45, 7) is 0.266.